The van der Waals surface area contributed by atoms with Crippen LogP contribution in [-0.4, -0.2) is 36.1 Å². The molecule has 4 heterocycles. The first-order valence-corrected chi connectivity index (χ1v) is 10.4. The fourth-order valence-electron chi connectivity index (χ4n) is 3.03. The van der Waals surface area contributed by atoms with Crippen molar-refractivity contribution in [1.82, 2.24) is 9.97 Å². The minimum atomic E-state index is -0.0717. The van der Waals surface area contributed by atoms with Crippen molar-refractivity contribution in [2.75, 3.05) is 30.4 Å². The summed E-state index contributed by atoms with van der Waals surface area (Å²) in [7, 11) is 1.65. The molecule has 1 aliphatic heterocycles. The smallest absolute Gasteiger partial charge is 0.232 e. The van der Waals surface area contributed by atoms with Crippen molar-refractivity contribution in [3.05, 3.63) is 42.0 Å². The van der Waals surface area contributed by atoms with Gasteiger partial charge in [-0.3, -0.25) is 4.79 Å². The Kier molecular flexibility index (Phi) is 4.25. The van der Waals surface area contributed by atoms with E-state index >= 15 is 0 Å². The van der Waals surface area contributed by atoms with Gasteiger partial charge in [0.15, 0.2) is 16.0 Å². The summed E-state index contributed by atoms with van der Waals surface area (Å²) < 4.78 is 11.7. The van der Waals surface area contributed by atoms with Gasteiger partial charge < -0.3 is 19.4 Å². The molecule has 5 rings (SSSR count). The molecular weight excluding hydrogens is 396 g/mol. The van der Waals surface area contributed by atoms with Gasteiger partial charge in [-0.2, -0.15) is 0 Å². The number of amides is 1. The Balaban J connectivity index is 1.21. The van der Waals surface area contributed by atoms with Crippen LogP contribution < -0.4 is 15.0 Å². The zero-order valence-corrected chi connectivity index (χ0v) is 16.5. The maximum Gasteiger partial charge on any atom is 0.232 e. The highest BCUT2D eigenvalue weighted by Gasteiger charge is 2.34. The molecule has 1 N–H and O–H groups in total. The van der Waals surface area contributed by atoms with Crippen molar-refractivity contribution in [2.45, 2.75) is 0 Å². The minimum absolute atomic E-state index is 0.0145. The lowest BCUT2D eigenvalue weighted by atomic mass is 10.0. The molecule has 0 spiro atoms. The molecule has 0 atom stereocenters. The molecule has 7 nitrogen and oxygen atoms in total. The number of hydrogen-bond donors (Lipinski definition) is 1. The third kappa shape index (κ3) is 3.12. The van der Waals surface area contributed by atoms with E-state index in [1.165, 1.54) is 11.3 Å². The van der Waals surface area contributed by atoms with Crippen LogP contribution in [0, 0.1) is 5.92 Å². The predicted octanol–water partition coefficient (Wildman–Crippen LogP) is 4.10. The highest BCUT2D eigenvalue weighted by Crippen LogP contribution is 2.35. The van der Waals surface area contributed by atoms with Crippen molar-refractivity contribution in [3.8, 4) is 17.2 Å². The predicted molar refractivity (Wildman–Crippen MR) is 110 cm³/mol. The number of carbonyl (C=O) groups excluding carboxylic acids is 1. The largest absolute Gasteiger partial charge is 0.497 e. The minimum Gasteiger partial charge on any atom is -0.497 e. The summed E-state index contributed by atoms with van der Waals surface area (Å²) in [6.45, 7) is 1.30. The molecule has 9 heteroatoms. The Labute approximate surface area is 168 Å². The second kappa shape index (κ2) is 6.92. The number of benzene rings is 1. The summed E-state index contributed by atoms with van der Waals surface area (Å²) >= 11 is 3.02. The van der Waals surface area contributed by atoms with Crippen LogP contribution >= 0.6 is 22.7 Å². The van der Waals surface area contributed by atoms with Gasteiger partial charge in [0.25, 0.3) is 0 Å². The van der Waals surface area contributed by atoms with Gasteiger partial charge >= 0.3 is 0 Å². The number of fused-ring (bicyclic) bond motifs is 1. The summed E-state index contributed by atoms with van der Waals surface area (Å²) in [4.78, 5) is 23.7. The molecule has 1 aliphatic rings. The molecule has 0 aliphatic carbocycles. The lowest BCUT2D eigenvalue weighted by Gasteiger charge is -2.37. The van der Waals surface area contributed by atoms with Gasteiger partial charge in [-0.25, -0.2) is 9.97 Å². The van der Waals surface area contributed by atoms with E-state index < -0.39 is 0 Å². The summed E-state index contributed by atoms with van der Waals surface area (Å²) in [5.41, 5.74) is 1.64. The summed E-state index contributed by atoms with van der Waals surface area (Å²) in [6, 6.07) is 9.53. The van der Waals surface area contributed by atoms with Crippen molar-refractivity contribution < 1.29 is 13.9 Å². The van der Waals surface area contributed by atoms with Gasteiger partial charge in [0.1, 0.15) is 11.4 Å². The quantitative estimate of drug-likeness (QED) is 0.532. The van der Waals surface area contributed by atoms with Crippen LogP contribution in [0.2, 0.25) is 0 Å². The number of hydrogen-bond acceptors (Lipinski definition) is 8. The van der Waals surface area contributed by atoms with Gasteiger partial charge in [-0.1, -0.05) is 11.3 Å². The topological polar surface area (TPSA) is 80.5 Å². The van der Waals surface area contributed by atoms with Gasteiger partial charge in [0.2, 0.25) is 5.91 Å². The fourth-order valence-corrected chi connectivity index (χ4v) is 4.70. The van der Waals surface area contributed by atoms with Gasteiger partial charge in [-0.15, -0.1) is 11.3 Å². The normalized spacial score (nSPS) is 14.2. The number of carbonyl (C=O) groups is 1. The average molecular weight is 412 g/mol. The average Bonchev–Trinajstić information content (AvgIpc) is 3.39. The maximum atomic E-state index is 12.5. The van der Waals surface area contributed by atoms with Crippen molar-refractivity contribution >= 4 is 49.1 Å². The zero-order valence-electron chi connectivity index (χ0n) is 14.9. The van der Waals surface area contributed by atoms with Crippen molar-refractivity contribution in [3.63, 3.8) is 0 Å². The monoisotopic (exact) mass is 412 g/mol. The van der Waals surface area contributed by atoms with Gasteiger partial charge in [0, 0.05) is 24.5 Å². The standard InChI is InChI=1S/C19H16N4O3S2/c1-25-12-4-5-16-13(7-12)21-19(28-16)23-8-11(9-23)17(24)22-18-20-14(10-27-18)15-3-2-6-26-15/h2-7,10-11H,8-9H2,1H3,(H,20,22,24). The Morgan fingerprint density at radius 1 is 1.32 bits per heavy atom. The molecule has 28 heavy (non-hydrogen) atoms. The third-order valence-corrected chi connectivity index (χ3v) is 6.47. The molecule has 0 radical (unpaired) electrons. The van der Waals surface area contributed by atoms with Crippen LogP contribution in [-0.2, 0) is 4.79 Å². The first kappa shape index (κ1) is 17.2. The molecular formula is C19H16N4O3S2. The molecule has 1 fully saturated rings. The van der Waals surface area contributed by atoms with E-state index in [1.807, 2.05) is 35.7 Å². The second-order valence-corrected chi connectivity index (χ2v) is 8.30. The molecule has 1 saturated heterocycles. The van der Waals surface area contributed by atoms with E-state index in [2.05, 4.69) is 20.2 Å². The van der Waals surface area contributed by atoms with E-state index in [9.17, 15) is 4.79 Å². The van der Waals surface area contributed by atoms with E-state index in [0.29, 0.717) is 24.0 Å². The summed E-state index contributed by atoms with van der Waals surface area (Å²) in [5.74, 6) is 1.40. The third-order valence-electron chi connectivity index (χ3n) is 4.61. The first-order valence-electron chi connectivity index (χ1n) is 8.69. The van der Waals surface area contributed by atoms with Gasteiger partial charge in [-0.05, 0) is 24.3 Å². The Bertz CT molecular complexity index is 1130. The Morgan fingerprint density at radius 2 is 2.21 bits per heavy atom. The number of furan rings is 1. The van der Waals surface area contributed by atoms with Crippen LogP contribution in [0.5, 0.6) is 5.75 Å². The number of rotatable bonds is 5. The number of nitrogens with zero attached hydrogens (tertiary/aromatic N) is 3. The SMILES string of the molecule is COc1ccc2sc(N3CC(C(=O)Nc4nc(-c5ccco5)cs4)C3)nc2c1. The fraction of sp³-hybridized carbons (Fsp3) is 0.211. The molecule has 0 unspecified atom stereocenters. The van der Waals surface area contributed by atoms with E-state index in [0.717, 1.165) is 26.8 Å². The Hall–Kier alpha value is -2.91. The molecule has 3 aromatic heterocycles. The number of methoxy groups -OCH3 is 1. The molecule has 1 amide bonds. The molecule has 4 aromatic rings. The number of thiazole rings is 2. The van der Waals surface area contributed by atoms with E-state index in [4.69, 9.17) is 9.15 Å². The molecule has 0 bridgehead atoms. The van der Waals surface area contributed by atoms with Crippen LogP contribution in [0.1, 0.15) is 0 Å². The number of aromatic nitrogens is 2. The lowest BCUT2D eigenvalue weighted by Crippen LogP contribution is -2.52. The highest BCUT2D eigenvalue weighted by atomic mass is 32.1. The first-order chi connectivity index (χ1) is 13.7. The molecule has 0 saturated carbocycles. The van der Waals surface area contributed by atoms with Crippen molar-refractivity contribution in [1.29, 1.82) is 0 Å². The van der Waals surface area contributed by atoms with Crippen LogP contribution in [0.25, 0.3) is 21.7 Å². The van der Waals surface area contributed by atoms with Crippen molar-refractivity contribution in [2.24, 2.45) is 5.92 Å². The zero-order chi connectivity index (χ0) is 19.1. The summed E-state index contributed by atoms with van der Waals surface area (Å²) in [6.07, 6.45) is 1.61. The van der Waals surface area contributed by atoms with Crippen LogP contribution in [0.15, 0.2) is 46.4 Å². The number of anilines is 2. The summed E-state index contributed by atoms with van der Waals surface area (Å²) in [5, 5.41) is 6.30. The molecule has 1 aromatic carbocycles. The highest BCUT2D eigenvalue weighted by molar-refractivity contribution is 7.22. The number of ether oxygens (including phenoxy) is 1. The molecule has 142 valence electrons. The number of nitrogens with one attached hydrogen (secondary N) is 1. The Morgan fingerprint density at radius 3 is 3.00 bits per heavy atom. The maximum absolute atomic E-state index is 12.5. The van der Waals surface area contributed by atoms with Crippen LogP contribution in [0.3, 0.4) is 0 Å². The second-order valence-electron chi connectivity index (χ2n) is 6.44. The lowest BCUT2D eigenvalue weighted by molar-refractivity contribution is -0.120. The van der Waals surface area contributed by atoms with E-state index in [-0.39, 0.29) is 11.8 Å². The van der Waals surface area contributed by atoms with Gasteiger partial charge in [0.05, 0.1) is 29.5 Å². The van der Waals surface area contributed by atoms with E-state index in [1.54, 1.807) is 24.7 Å². The van der Waals surface area contributed by atoms with Crippen LogP contribution in [0.4, 0.5) is 10.3 Å².